The van der Waals surface area contributed by atoms with E-state index in [0.29, 0.717) is 33.2 Å². The third-order valence-corrected chi connectivity index (χ3v) is 6.18. The van der Waals surface area contributed by atoms with Crippen molar-refractivity contribution >= 4 is 35.0 Å². The second-order valence-electron chi connectivity index (χ2n) is 7.03. The number of rotatable bonds is 11. The highest BCUT2D eigenvalue weighted by Gasteiger charge is 2.20. The zero-order chi connectivity index (χ0) is 22.9. The van der Waals surface area contributed by atoms with Gasteiger partial charge in [0, 0.05) is 17.8 Å². The van der Waals surface area contributed by atoms with Gasteiger partial charge in [-0.1, -0.05) is 55.4 Å². The third-order valence-electron chi connectivity index (χ3n) is 4.92. The summed E-state index contributed by atoms with van der Waals surface area (Å²) in [5.74, 6) is 2.07. The van der Waals surface area contributed by atoms with Crippen molar-refractivity contribution in [3.05, 3.63) is 59.4 Å². The van der Waals surface area contributed by atoms with Gasteiger partial charge in [-0.25, -0.2) is 0 Å². The number of nitrogens with one attached hydrogen (secondary N) is 1. The van der Waals surface area contributed by atoms with E-state index in [2.05, 4.69) is 33.9 Å². The van der Waals surface area contributed by atoms with Crippen molar-refractivity contribution in [3.63, 3.8) is 0 Å². The van der Waals surface area contributed by atoms with Crippen LogP contribution in [-0.2, 0) is 11.4 Å². The average Bonchev–Trinajstić information content (AvgIpc) is 3.21. The molecule has 0 spiro atoms. The number of anilines is 1. The molecule has 170 valence electrons. The SMILES string of the molecule is CCC(CC)n1c(COc2ccccc2Cl)nnc1SCC(=O)Nc1cccc(OC)c1. The highest BCUT2D eigenvalue weighted by molar-refractivity contribution is 7.99. The maximum absolute atomic E-state index is 12.5. The lowest BCUT2D eigenvalue weighted by Gasteiger charge is -2.19. The van der Waals surface area contributed by atoms with E-state index in [-0.39, 0.29) is 24.3 Å². The van der Waals surface area contributed by atoms with Gasteiger partial charge in [-0.15, -0.1) is 10.2 Å². The number of nitrogens with zero attached hydrogens (tertiary/aromatic N) is 3. The molecule has 0 saturated carbocycles. The van der Waals surface area contributed by atoms with E-state index in [4.69, 9.17) is 21.1 Å². The standard InChI is InChI=1S/C23H27ClN4O3S/c1-4-17(5-2)28-21(14-31-20-12-7-6-11-19(20)24)26-27-23(28)32-15-22(29)25-16-9-8-10-18(13-16)30-3/h6-13,17H,4-5,14-15H2,1-3H3,(H,25,29). The Morgan fingerprint density at radius 1 is 1.16 bits per heavy atom. The van der Waals surface area contributed by atoms with Gasteiger partial charge in [0.05, 0.1) is 17.9 Å². The predicted octanol–water partition coefficient (Wildman–Crippen LogP) is 5.61. The van der Waals surface area contributed by atoms with Gasteiger partial charge in [-0.05, 0) is 37.1 Å². The number of halogens is 1. The molecule has 0 unspecified atom stereocenters. The highest BCUT2D eigenvalue weighted by Crippen LogP contribution is 2.28. The van der Waals surface area contributed by atoms with Crippen LogP contribution < -0.4 is 14.8 Å². The molecule has 0 fully saturated rings. The second-order valence-corrected chi connectivity index (χ2v) is 8.38. The van der Waals surface area contributed by atoms with Crippen LogP contribution in [0.15, 0.2) is 53.7 Å². The Kier molecular flexibility index (Phi) is 8.81. The van der Waals surface area contributed by atoms with Gasteiger partial charge in [-0.2, -0.15) is 0 Å². The Morgan fingerprint density at radius 2 is 1.94 bits per heavy atom. The molecule has 1 aromatic heterocycles. The predicted molar refractivity (Wildman–Crippen MR) is 128 cm³/mol. The molecule has 3 rings (SSSR count). The molecule has 1 N–H and O–H groups in total. The first-order chi connectivity index (χ1) is 15.5. The van der Waals surface area contributed by atoms with Crippen molar-refractivity contribution < 1.29 is 14.3 Å². The van der Waals surface area contributed by atoms with Crippen LogP contribution in [0.5, 0.6) is 11.5 Å². The van der Waals surface area contributed by atoms with Gasteiger partial charge in [0.2, 0.25) is 5.91 Å². The molecule has 0 aliphatic rings. The normalized spacial score (nSPS) is 10.9. The molecule has 1 amide bonds. The van der Waals surface area contributed by atoms with E-state index in [1.54, 1.807) is 19.2 Å². The maximum atomic E-state index is 12.5. The molecule has 0 bridgehead atoms. The number of thioether (sulfide) groups is 1. The Morgan fingerprint density at radius 3 is 2.66 bits per heavy atom. The summed E-state index contributed by atoms with van der Waals surface area (Å²) in [5, 5.41) is 12.8. The van der Waals surface area contributed by atoms with Crippen LogP contribution in [-0.4, -0.2) is 33.5 Å². The van der Waals surface area contributed by atoms with Gasteiger partial charge in [0.25, 0.3) is 0 Å². The number of methoxy groups -OCH3 is 1. The monoisotopic (exact) mass is 474 g/mol. The number of hydrogen-bond acceptors (Lipinski definition) is 6. The minimum Gasteiger partial charge on any atom is -0.497 e. The zero-order valence-corrected chi connectivity index (χ0v) is 19.9. The summed E-state index contributed by atoms with van der Waals surface area (Å²) in [6.45, 7) is 4.48. The van der Waals surface area contributed by atoms with Crippen LogP contribution in [0.25, 0.3) is 0 Å². The first-order valence-corrected chi connectivity index (χ1v) is 11.8. The van der Waals surface area contributed by atoms with E-state index in [1.165, 1.54) is 11.8 Å². The fraction of sp³-hybridized carbons (Fsp3) is 0.348. The number of ether oxygens (including phenoxy) is 2. The number of aromatic nitrogens is 3. The molecule has 2 aromatic carbocycles. The zero-order valence-electron chi connectivity index (χ0n) is 18.4. The second kappa shape index (κ2) is 11.8. The van der Waals surface area contributed by atoms with Crippen molar-refractivity contribution in [2.75, 3.05) is 18.2 Å². The highest BCUT2D eigenvalue weighted by atomic mass is 35.5. The smallest absolute Gasteiger partial charge is 0.234 e. The van der Waals surface area contributed by atoms with Crippen LogP contribution >= 0.6 is 23.4 Å². The fourth-order valence-corrected chi connectivity index (χ4v) is 4.27. The molecule has 0 atom stereocenters. The molecule has 0 aliphatic carbocycles. The number of carbonyl (C=O) groups is 1. The summed E-state index contributed by atoms with van der Waals surface area (Å²) >= 11 is 7.55. The van der Waals surface area contributed by atoms with E-state index >= 15 is 0 Å². The van der Waals surface area contributed by atoms with Crippen LogP contribution in [0.2, 0.25) is 5.02 Å². The molecule has 32 heavy (non-hydrogen) atoms. The molecule has 7 nitrogen and oxygen atoms in total. The number of hydrogen-bond donors (Lipinski definition) is 1. The summed E-state index contributed by atoms with van der Waals surface area (Å²) in [6, 6.07) is 14.8. The largest absolute Gasteiger partial charge is 0.497 e. The lowest BCUT2D eigenvalue weighted by molar-refractivity contribution is -0.113. The van der Waals surface area contributed by atoms with Gasteiger partial charge in [0.15, 0.2) is 11.0 Å². The molecular weight excluding hydrogens is 448 g/mol. The minimum absolute atomic E-state index is 0.129. The van der Waals surface area contributed by atoms with Crippen LogP contribution in [0.4, 0.5) is 5.69 Å². The fourth-order valence-electron chi connectivity index (χ4n) is 3.26. The van der Waals surface area contributed by atoms with Crippen molar-refractivity contribution in [2.45, 2.75) is 44.5 Å². The lowest BCUT2D eigenvalue weighted by Crippen LogP contribution is -2.17. The van der Waals surface area contributed by atoms with Gasteiger partial charge < -0.3 is 19.4 Å². The average molecular weight is 475 g/mol. The first-order valence-electron chi connectivity index (χ1n) is 10.4. The quantitative estimate of drug-likeness (QED) is 0.364. The van der Waals surface area contributed by atoms with Crippen LogP contribution in [0.1, 0.15) is 38.6 Å². The number of benzene rings is 2. The maximum Gasteiger partial charge on any atom is 0.234 e. The van der Waals surface area contributed by atoms with Crippen LogP contribution in [0, 0.1) is 0 Å². The molecule has 0 aliphatic heterocycles. The molecule has 1 heterocycles. The molecular formula is C23H27ClN4O3S. The number of carbonyl (C=O) groups excluding carboxylic acids is 1. The van der Waals surface area contributed by atoms with E-state index in [1.807, 2.05) is 36.4 Å². The van der Waals surface area contributed by atoms with Crippen molar-refractivity contribution in [2.24, 2.45) is 0 Å². The van der Waals surface area contributed by atoms with Crippen molar-refractivity contribution in [1.82, 2.24) is 14.8 Å². The molecule has 3 aromatic rings. The summed E-state index contributed by atoms with van der Waals surface area (Å²) in [4.78, 5) is 12.5. The van der Waals surface area contributed by atoms with Gasteiger partial charge in [-0.3, -0.25) is 4.79 Å². The van der Waals surface area contributed by atoms with E-state index < -0.39 is 0 Å². The van der Waals surface area contributed by atoms with E-state index in [9.17, 15) is 4.79 Å². The topological polar surface area (TPSA) is 78.3 Å². The van der Waals surface area contributed by atoms with Gasteiger partial charge in [0.1, 0.15) is 18.1 Å². The summed E-state index contributed by atoms with van der Waals surface area (Å²) < 4.78 is 13.2. The molecule has 0 saturated heterocycles. The number of para-hydroxylation sites is 1. The summed E-state index contributed by atoms with van der Waals surface area (Å²) in [7, 11) is 1.59. The third kappa shape index (κ3) is 6.17. The Bertz CT molecular complexity index is 1040. The Labute approximate surface area is 197 Å². The van der Waals surface area contributed by atoms with Crippen molar-refractivity contribution in [1.29, 1.82) is 0 Å². The number of amides is 1. The minimum atomic E-state index is -0.129. The van der Waals surface area contributed by atoms with Crippen LogP contribution in [0.3, 0.4) is 0 Å². The molecule has 9 heteroatoms. The molecule has 0 radical (unpaired) electrons. The Balaban J connectivity index is 1.69. The van der Waals surface area contributed by atoms with Gasteiger partial charge >= 0.3 is 0 Å². The lowest BCUT2D eigenvalue weighted by atomic mass is 10.2. The first kappa shape index (κ1) is 23.9. The summed E-state index contributed by atoms with van der Waals surface area (Å²) in [6.07, 6.45) is 1.83. The summed E-state index contributed by atoms with van der Waals surface area (Å²) in [5.41, 5.74) is 0.685. The van der Waals surface area contributed by atoms with E-state index in [0.717, 1.165) is 12.8 Å². The van der Waals surface area contributed by atoms with Crippen molar-refractivity contribution in [3.8, 4) is 11.5 Å². The Hall–Kier alpha value is -2.71.